The molecule has 3 aliphatic carbocycles. The van der Waals surface area contributed by atoms with Crippen molar-refractivity contribution in [2.45, 2.75) is 57.5 Å². The number of hydrogen-bond acceptors (Lipinski definition) is 5. The van der Waals surface area contributed by atoms with Gasteiger partial charge in [0.1, 0.15) is 5.75 Å². The summed E-state index contributed by atoms with van der Waals surface area (Å²) in [5.74, 6) is 1.70. The van der Waals surface area contributed by atoms with Crippen molar-refractivity contribution in [2.24, 2.45) is 17.3 Å². The molecule has 0 radical (unpaired) electrons. The Bertz CT molecular complexity index is 699. The Kier molecular flexibility index (Phi) is 3.85. The molecule has 0 aromatic heterocycles. The smallest absolute Gasteiger partial charge is 0.115 e. The summed E-state index contributed by atoms with van der Waals surface area (Å²) in [6.07, 6.45) is 4.98. The summed E-state index contributed by atoms with van der Waals surface area (Å²) < 4.78 is 16.1. The van der Waals surface area contributed by atoms with Gasteiger partial charge in [-0.25, -0.2) is 0 Å². The molecule has 0 saturated heterocycles. The summed E-state index contributed by atoms with van der Waals surface area (Å²) in [6.45, 7) is 2.10. The Morgan fingerprint density at radius 1 is 1.25 bits per heavy atom. The highest BCUT2D eigenvalue weighted by atomic mass is 31.2. The fourth-order valence-electron chi connectivity index (χ4n) is 5.85. The molecule has 132 valence electrons. The molecular weight excluding hydrogens is 327 g/mol. The molecule has 4 rings (SSSR count). The highest BCUT2D eigenvalue weighted by molar-refractivity contribution is 7.43. The van der Waals surface area contributed by atoms with Crippen LogP contribution in [0, 0.1) is 17.3 Å². The van der Waals surface area contributed by atoms with E-state index in [1.54, 1.807) is 6.07 Å². The minimum Gasteiger partial charge on any atom is -0.790 e. The quantitative estimate of drug-likeness (QED) is 0.827. The molecule has 5 nitrogen and oxygen atoms in total. The first-order valence-corrected chi connectivity index (χ1v) is 10.3. The molecule has 0 spiro atoms. The van der Waals surface area contributed by atoms with Crippen molar-refractivity contribution >= 4 is 7.82 Å². The van der Waals surface area contributed by atoms with Gasteiger partial charge in [0, 0.05) is 0 Å². The zero-order chi connectivity index (χ0) is 17.1. The number of phenols is 1. The monoisotopic (exact) mass is 350 g/mol. The maximum absolute atomic E-state index is 11.1. The van der Waals surface area contributed by atoms with Gasteiger partial charge in [-0.1, -0.05) is 13.0 Å². The summed E-state index contributed by atoms with van der Waals surface area (Å²) in [5, 5.41) is 9.72. The molecule has 0 bridgehead atoms. The van der Waals surface area contributed by atoms with Crippen LogP contribution in [0.3, 0.4) is 0 Å². The van der Waals surface area contributed by atoms with Crippen molar-refractivity contribution < 1.29 is 24.0 Å². The fraction of sp³-hybridized carbons (Fsp3) is 0.667. The van der Waals surface area contributed by atoms with Crippen LogP contribution in [-0.2, 0) is 15.5 Å². The van der Waals surface area contributed by atoms with Gasteiger partial charge in [-0.2, -0.15) is 0 Å². The van der Waals surface area contributed by atoms with Crippen LogP contribution in [0.2, 0.25) is 0 Å². The van der Waals surface area contributed by atoms with E-state index in [1.807, 2.05) is 6.07 Å². The molecule has 1 N–H and O–H groups in total. The maximum Gasteiger partial charge on any atom is 0.115 e. The average molecular weight is 350 g/mol. The van der Waals surface area contributed by atoms with Gasteiger partial charge in [0.2, 0.25) is 0 Å². The third-order valence-electron chi connectivity index (χ3n) is 6.88. The van der Waals surface area contributed by atoms with Crippen LogP contribution in [0.4, 0.5) is 0 Å². The molecule has 0 amide bonds. The minimum atomic E-state index is -4.94. The number of aromatic hydroxyl groups is 1. The van der Waals surface area contributed by atoms with Crippen molar-refractivity contribution in [1.82, 2.24) is 0 Å². The van der Waals surface area contributed by atoms with Gasteiger partial charge in [-0.05, 0) is 85.0 Å². The zero-order valence-electron chi connectivity index (χ0n) is 13.8. The normalized spacial score (nSPS) is 38.3. The zero-order valence-corrected chi connectivity index (χ0v) is 14.7. The van der Waals surface area contributed by atoms with Gasteiger partial charge in [-0.15, -0.1) is 0 Å². The largest absolute Gasteiger partial charge is 0.790 e. The number of phenolic OH excluding ortho intramolecular Hbond substituents is 1. The molecule has 0 unspecified atom stereocenters. The van der Waals surface area contributed by atoms with E-state index < -0.39 is 13.9 Å². The fourth-order valence-corrected chi connectivity index (χ4v) is 6.51. The summed E-state index contributed by atoms with van der Waals surface area (Å²) in [6, 6.07) is 5.70. The van der Waals surface area contributed by atoms with E-state index in [4.69, 9.17) is 4.52 Å². The van der Waals surface area contributed by atoms with Gasteiger partial charge >= 0.3 is 0 Å². The lowest BCUT2D eigenvalue weighted by molar-refractivity contribution is -0.347. The number of fused-ring (bicyclic) bond motifs is 5. The van der Waals surface area contributed by atoms with Gasteiger partial charge in [-0.3, -0.25) is 0 Å². The minimum absolute atomic E-state index is 0.222. The van der Waals surface area contributed by atoms with Crippen LogP contribution >= 0.6 is 7.82 Å². The predicted octanol–water partition coefficient (Wildman–Crippen LogP) is 2.46. The van der Waals surface area contributed by atoms with Gasteiger partial charge in [0.25, 0.3) is 0 Å². The van der Waals surface area contributed by atoms with Crippen molar-refractivity contribution in [3.63, 3.8) is 0 Å². The van der Waals surface area contributed by atoms with Crippen molar-refractivity contribution in [3.05, 3.63) is 29.3 Å². The number of rotatable bonds is 2. The lowest BCUT2D eigenvalue weighted by Gasteiger charge is -2.51. The van der Waals surface area contributed by atoms with Crippen molar-refractivity contribution in [3.8, 4) is 5.75 Å². The van der Waals surface area contributed by atoms with Crippen LogP contribution in [0.5, 0.6) is 5.75 Å². The maximum atomic E-state index is 11.1. The first-order chi connectivity index (χ1) is 11.3. The molecule has 3 aliphatic rings. The molecule has 0 aliphatic heterocycles. The first kappa shape index (κ1) is 16.6. The summed E-state index contributed by atoms with van der Waals surface area (Å²) in [5.41, 5.74) is 2.36. The van der Waals surface area contributed by atoms with Crippen LogP contribution in [0.15, 0.2) is 18.2 Å². The number of hydrogen-bond donors (Lipinski definition) is 1. The topological polar surface area (TPSA) is 92.7 Å². The van der Waals surface area contributed by atoms with Crippen molar-refractivity contribution in [2.75, 3.05) is 0 Å². The highest BCUT2D eigenvalue weighted by Gasteiger charge is 2.55. The molecule has 24 heavy (non-hydrogen) atoms. The lowest BCUT2D eigenvalue weighted by atomic mass is 9.55. The predicted molar refractivity (Wildman–Crippen MR) is 85.2 cm³/mol. The molecule has 0 heterocycles. The number of phosphoric ester groups is 1. The van der Waals surface area contributed by atoms with Crippen molar-refractivity contribution in [1.29, 1.82) is 0 Å². The van der Waals surface area contributed by atoms with E-state index in [1.165, 1.54) is 11.1 Å². The standard InChI is InChI=1S/C18H25O5P/c1-18-9-8-14-13-5-3-12(19)10-11(13)2-4-15(14)16(18)6-7-17(18)23-24(20,21)22/h3,5,10,14-17,19H,2,4,6-9H2,1H3,(H2,20,21,22)/p-2/t14-,15+,16-,17+,18-/m1/s1. The van der Waals surface area contributed by atoms with E-state index in [0.717, 1.165) is 32.1 Å². The Hall–Kier alpha value is -0.870. The average Bonchev–Trinajstić information content (AvgIpc) is 2.82. The van der Waals surface area contributed by atoms with Crippen LogP contribution in [-0.4, -0.2) is 11.2 Å². The Labute approximate surface area is 142 Å². The van der Waals surface area contributed by atoms with E-state index in [-0.39, 0.29) is 5.41 Å². The molecule has 2 saturated carbocycles. The lowest BCUT2D eigenvalue weighted by Crippen LogP contribution is -2.45. The van der Waals surface area contributed by atoms with Gasteiger partial charge < -0.3 is 24.0 Å². The number of aryl methyl sites for hydroxylation is 1. The second-order valence-corrected chi connectivity index (χ2v) is 9.07. The molecule has 2 fully saturated rings. The van der Waals surface area contributed by atoms with E-state index in [9.17, 15) is 19.5 Å². The highest BCUT2D eigenvalue weighted by Crippen LogP contribution is 2.62. The number of phosphoric acid groups is 1. The molecular formula is C18H23O5P-2. The third kappa shape index (κ3) is 2.62. The Balaban J connectivity index is 1.62. The second kappa shape index (κ2) is 5.57. The third-order valence-corrected chi connectivity index (χ3v) is 7.39. The van der Waals surface area contributed by atoms with Crippen LogP contribution in [0.1, 0.15) is 56.1 Å². The van der Waals surface area contributed by atoms with Crippen LogP contribution < -0.4 is 9.79 Å². The molecule has 1 aromatic rings. The van der Waals surface area contributed by atoms with Gasteiger partial charge in [0.15, 0.2) is 0 Å². The Morgan fingerprint density at radius 2 is 2.04 bits per heavy atom. The second-order valence-electron chi connectivity index (χ2n) is 7.96. The summed E-state index contributed by atoms with van der Waals surface area (Å²) >= 11 is 0. The van der Waals surface area contributed by atoms with E-state index in [2.05, 4.69) is 13.0 Å². The summed E-state index contributed by atoms with van der Waals surface area (Å²) in [7, 11) is -4.94. The molecule has 5 atom stereocenters. The molecule has 6 heteroatoms. The molecule has 1 aromatic carbocycles. The van der Waals surface area contributed by atoms with E-state index >= 15 is 0 Å². The van der Waals surface area contributed by atoms with E-state index in [0.29, 0.717) is 29.9 Å². The Morgan fingerprint density at radius 3 is 2.79 bits per heavy atom. The number of benzene rings is 1. The van der Waals surface area contributed by atoms with Crippen LogP contribution in [0.25, 0.3) is 0 Å². The first-order valence-electron chi connectivity index (χ1n) is 8.80. The SMILES string of the molecule is C[C@@]12CC[C@@H]3c4ccc(O)cc4CC[C@@H]3[C@H]1CC[C@@H]2OP(=O)([O-])[O-]. The van der Waals surface area contributed by atoms with Gasteiger partial charge in [0.05, 0.1) is 13.9 Å². The summed E-state index contributed by atoms with van der Waals surface area (Å²) in [4.78, 5) is 22.2.